The van der Waals surface area contributed by atoms with Crippen molar-refractivity contribution in [2.24, 2.45) is 0 Å². The van der Waals surface area contributed by atoms with Gasteiger partial charge in [-0.3, -0.25) is 9.59 Å². The summed E-state index contributed by atoms with van der Waals surface area (Å²) in [4.78, 5) is 31.1. The summed E-state index contributed by atoms with van der Waals surface area (Å²) in [6, 6.07) is 15.9. The molecule has 30 heavy (non-hydrogen) atoms. The Morgan fingerprint density at radius 1 is 1.07 bits per heavy atom. The molecule has 2 aromatic carbocycles. The predicted molar refractivity (Wildman–Crippen MR) is 118 cm³/mol. The average molecular weight is 440 g/mol. The van der Waals surface area contributed by atoms with Gasteiger partial charge >= 0.3 is 0 Å². The zero-order chi connectivity index (χ0) is 21.3. The first kappa shape index (κ1) is 20.4. The van der Waals surface area contributed by atoms with Crippen LogP contribution in [-0.2, 0) is 6.42 Å². The molecule has 0 bridgehead atoms. The van der Waals surface area contributed by atoms with Crippen LogP contribution in [0.15, 0.2) is 60.8 Å². The Bertz CT molecular complexity index is 1120. The van der Waals surface area contributed by atoms with E-state index in [1.165, 1.54) is 6.20 Å². The third-order valence-corrected chi connectivity index (χ3v) is 5.61. The minimum Gasteiger partial charge on any atom is -0.345 e. The van der Waals surface area contributed by atoms with Crippen molar-refractivity contribution >= 4 is 40.7 Å². The third kappa shape index (κ3) is 4.18. The first-order valence-electron chi connectivity index (χ1n) is 9.55. The largest absolute Gasteiger partial charge is 0.345 e. The zero-order valence-corrected chi connectivity index (χ0v) is 17.7. The maximum absolute atomic E-state index is 12.9. The van der Waals surface area contributed by atoms with Gasteiger partial charge in [-0.25, -0.2) is 4.98 Å². The van der Waals surface area contributed by atoms with Crippen LogP contribution in [0.25, 0.3) is 0 Å². The first-order chi connectivity index (χ1) is 14.4. The van der Waals surface area contributed by atoms with Gasteiger partial charge in [0.05, 0.1) is 11.6 Å². The molecule has 0 radical (unpaired) electrons. The first-order valence-corrected chi connectivity index (χ1v) is 10.3. The van der Waals surface area contributed by atoms with E-state index in [2.05, 4.69) is 10.3 Å². The van der Waals surface area contributed by atoms with E-state index in [1.807, 2.05) is 25.1 Å². The molecule has 1 aliphatic rings. The van der Waals surface area contributed by atoms with Crippen LogP contribution in [-0.4, -0.2) is 23.3 Å². The molecule has 1 unspecified atom stereocenters. The van der Waals surface area contributed by atoms with Gasteiger partial charge in [0.1, 0.15) is 5.15 Å². The molecular formula is C23H19Cl2N3O2. The molecule has 1 aromatic heterocycles. The molecule has 4 rings (SSSR count). The third-order valence-electron chi connectivity index (χ3n) is 5.15. The molecule has 1 N–H and O–H groups in total. The molecule has 152 valence electrons. The van der Waals surface area contributed by atoms with Gasteiger partial charge in [0.25, 0.3) is 11.8 Å². The topological polar surface area (TPSA) is 62.3 Å². The number of benzene rings is 2. The Morgan fingerprint density at radius 2 is 1.90 bits per heavy atom. The van der Waals surface area contributed by atoms with Gasteiger partial charge in [0.15, 0.2) is 0 Å². The Labute approximate surface area is 184 Å². The highest BCUT2D eigenvalue weighted by molar-refractivity contribution is 6.31. The van der Waals surface area contributed by atoms with Crippen molar-refractivity contribution in [2.45, 2.75) is 19.4 Å². The van der Waals surface area contributed by atoms with Crippen LogP contribution in [0.5, 0.6) is 0 Å². The van der Waals surface area contributed by atoms with E-state index in [-0.39, 0.29) is 17.9 Å². The summed E-state index contributed by atoms with van der Waals surface area (Å²) in [5.41, 5.74) is 3.96. The summed E-state index contributed by atoms with van der Waals surface area (Å²) in [7, 11) is 0. The van der Waals surface area contributed by atoms with Crippen molar-refractivity contribution in [1.82, 2.24) is 10.3 Å². The van der Waals surface area contributed by atoms with Crippen molar-refractivity contribution in [3.05, 3.63) is 93.2 Å². The monoisotopic (exact) mass is 439 g/mol. The number of fused-ring (bicyclic) bond motifs is 1. The average Bonchev–Trinajstić information content (AvgIpc) is 3.16. The Hall–Kier alpha value is -2.89. The summed E-state index contributed by atoms with van der Waals surface area (Å²) in [6.07, 6.45) is 2.21. The number of nitrogens with one attached hydrogen (secondary N) is 1. The van der Waals surface area contributed by atoms with Crippen molar-refractivity contribution in [3.63, 3.8) is 0 Å². The second-order valence-electron chi connectivity index (χ2n) is 7.17. The van der Waals surface area contributed by atoms with Gasteiger partial charge in [-0.1, -0.05) is 41.4 Å². The quantitative estimate of drug-likeness (QED) is 0.576. The fourth-order valence-corrected chi connectivity index (χ4v) is 3.85. The second-order valence-corrected chi connectivity index (χ2v) is 7.99. The lowest BCUT2D eigenvalue weighted by atomic mass is 10.0. The Balaban J connectivity index is 1.50. The number of anilines is 1. The number of pyridine rings is 1. The van der Waals surface area contributed by atoms with Crippen molar-refractivity contribution < 1.29 is 9.59 Å². The highest BCUT2D eigenvalue weighted by Crippen LogP contribution is 2.32. The highest BCUT2D eigenvalue weighted by atomic mass is 35.5. The lowest BCUT2D eigenvalue weighted by Gasteiger charge is -2.19. The van der Waals surface area contributed by atoms with E-state index >= 15 is 0 Å². The number of carbonyl (C=O) groups excluding carboxylic acids is 2. The number of amides is 2. The van der Waals surface area contributed by atoms with Crippen LogP contribution in [0.4, 0.5) is 5.69 Å². The van der Waals surface area contributed by atoms with Crippen LogP contribution in [0, 0.1) is 0 Å². The normalized spacial score (nSPS) is 13.6. The fraction of sp³-hybridized carbons (Fsp3) is 0.174. The molecule has 0 spiro atoms. The Morgan fingerprint density at radius 3 is 2.63 bits per heavy atom. The van der Waals surface area contributed by atoms with Gasteiger partial charge in [0.2, 0.25) is 0 Å². The number of nitrogens with zero attached hydrogens (tertiary/aromatic N) is 2. The molecule has 3 aromatic rings. The van der Waals surface area contributed by atoms with Gasteiger partial charge in [-0.2, -0.15) is 0 Å². The summed E-state index contributed by atoms with van der Waals surface area (Å²) in [5, 5.41) is 3.85. The van der Waals surface area contributed by atoms with Crippen molar-refractivity contribution in [2.75, 3.05) is 11.4 Å². The molecule has 0 aliphatic carbocycles. The fourth-order valence-electron chi connectivity index (χ4n) is 3.55. The number of halogens is 2. The van der Waals surface area contributed by atoms with Crippen LogP contribution in [0.2, 0.25) is 10.2 Å². The molecule has 7 heteroatoms. The van der Waals surface area contributed by atoms with E-state index in [1.54, 1.807) is 41.3 Å². The molecule has 0 fully saturated rings. The van der Waals surface area contributed by atoms with E-state index in [0.717, 1.165) is 23.2 Å². The van der Waals surface area contributed by atoms with Crippen molar-refractivity contribution in [3.8, 4) is 0 Å². The lowest BCUT2D eigenvalue weighted by Crippen LogP contribution is -2.29. The molecule has 2 heterocycles. The maximum Gasteiger partial charge on any atom is 0.258 e. The molecule has 2 amide bonds. The summed E-state index contributed by atoms with van der Waals surface area (Å²) < 4.78 is 0. The van der Waals surface area contributed by atoms with Crippen LogP contribution in [0.1, 0.15) is 44.8 Å². The molecule has 1 aliphatic heterocycles. The number of hydrogen-bond acceptors (Lipinski definition) is 3. The highest BCUT2D eigenvalue weighted by Gasteiger charge is 2.26. The number of rotatable bonds is 4. The van der Waals surface area contributed by atoms with Gasteiger partial charge in [0, 0.05) is 29.0 Å². The van der Waals surface area contributed by atoms with Crippen molar-refractivity contribution in [1.29, 1.82) is 0 Å². The van der Waals surface area contributed by atoms with Gasteiger partial charge < -0.3 is 10.2 Å². The molecule has 5 nitrogen and oxygen atoms in total. The number of aromatic nitrogens is 1. The molecule has 0 saturated heterocycles. The summed E-state index contributed by atoms with van der Waals surface area (Å²) in [5.74, 6) is -0.287. The molecule has 0 saturated carbocycles. The van der Waals surface area contributed by atoms with Crippen LogP contribution < -0.4 is 10.2 Å². The SMILES string of the molecule is CC(NC(=O)c1ccc(Cl)nc1)c1ccc2c(c1)CCN2C(=O)c1cccc(Cl)c1. The Kier molecular flexibility index (Phi) is 5.75. The van der Waals surface area contributed by atoms with Gasteiger partial charge in [-0.15, -0.1) is 0 Å². The van der Waals surface area contributed by atoms with E-state index in [4.69, 9.17) is 23.2 Å². The minimum absolute atomic E-state index is 0.0689. The standard InChI is InChI=1S/C23H19Cl2N3O2/c1-14(27-22(29)18-6-8-21(25)26-13-18)15-5-7-20-16(11-15)9-10-28(20)23(30)17-3-2-4-19(24)12-17/h2-8,11-14H,9-10H2,1H3,(H,27,29). The predicted octanol–water partition coefficient (Wildman–Crippen LogP) is 5.08. The van der Waals surface area contributed by atoms with E-state index in [9.17, 15) is 9.59 Å². The van der Waals surface area contributed by atoms with Crippen LogP contribution in [0.3, 0.4) is 0 Å². The summed E-state index contributed by atoms with van der Waals surface area (Å²) >= 11 is 11.8. The number of carbonyl (C=O) groups is 2. The molecular weight excluding hydrogens is 421 g/mol. The van der Waals surface area contributed by atoms with E-state index in [0.29, 0.717) is 27.8 Å². The smallest absolute Gasteiger partial charge is 0.258 e. The summed E-state index contributed by atoms with van der Waals surface area (Å²) in [6.45, 7) is 2.54. The maximum atomic E-state index is 12.9. The zero-order valence-electron chi connectivity index (χ0n) is 16.2. The van der Waals surface area contributed by atoms with Gasteiger partial charge in [-0.05, 0) is 60.9 Å². The van der Waals surface area contributed by atoms with E-state index < -0.39 is 0 Å². The number of hydrogen-bond donors (Lipinski definition) is 1. The second kappa shape index (κ2) is 8.46. The lowest BCUT2D eigenvalue weighted by molar-refractivity contribution is 0.0938. The van der Waals surface area contributed by atoms with Crippen LogP contribution >= 0.6 is 23.2 Å². The molecule has 1 atom stereocenters. The minimum atomic E-state index is -0.218.